The lowest BCUT2D eigenvalue weighted by Crippen LogP contribution is -2.01. The number of ether oxygens (including phenoxy) is 2. The molecular formula is C15H10ClNO4. The lowest BCUT2D eigenvalue weighted by Gasteiger charge is -2.12. The van der Waals surface area contributed by atoms with Gasteiger partial charge < -0.3 is 14.6 Å². The van der Waals surface area contributed by atoms with Gasteiger partial charge in [0.15, 0.2) is 11.5 Å². The van der Waals surface area contributed by atoms with Crippen molar-refractivity contribution in [3.63, 3.8) is 0 Å². The van der Waals surface area contributed by atoms with Crippen molar-refractivity contribution < 1.29 is 19.4 Å². The van der Waals surface area contributed by atoms with Gasteiger partial charge in [-0.25, -0.2) is 4.79 Å². The Morgan fingerprint density at radius 1 is 1.24 bits per heavy atom. The van der Waals surface area contributed by atoms with Crippen molar-refractivity contribution >= 4 is 17.6 Å². The van der Waals surface area contributed by atoms with Crippen LogP contribution in [-0.2, 0) is 0 Å². The summed E-state index contributed by atoms with van der Waals surface area (Å²) >= 11 is 5.88. The average Bonchev–Trinajstić information content (AvgIpc) is 2.47. The number of carbonyl (C=O) groups is 1. The number of hydrogen-bond acceptors (Lipinski definition) is 4. The molecule has 0 bridgehead atoms. The molecule has 2 aromatic carbocycles. The summed E-state index contributed by atoms with van der Waals surface area (Å²) in [7, 11) is 1.43. The maximum Gasteiger partial charge on any atom is 0.341 e. The Bertz CT molecular complexity index is 737. The van der Waals surface area contributed by atoms with Crippen molar-refractivity contribution in [3.05, 3.63) is 52.5 Å². The van der Waals surface area contributed by atoms with Gasteiger partial charge in [0.05, 0.1) is 23.8 Å². The lowest BCUT2D eigenvalue weighted by atomic mass is 10.2. The lowest BCUT2D eigenvalue weighted by molar-refractivity contribution is 0.0694. The molecular weight excluding hydrogens is 294 g/mol. The number of aromatic carboxylic acids is 1. The van der Waals surface area contributed by atoms with Crippen LogP contribution in [0.3, 0.4) is 0 Å². The molecule has 0 fully saturated rings. The number of nitriles is 1. The highest BCUT2D eigenvalue weighted by Crippen LogP contribution is 2.35. The van der Waals surface area contributed by atoms with Crippen molar-refractivity contribution in [1.29, 1.82) is 5.26 Å². The summed E-state index contributed by atoms with van der Waals surface area (Å²) < 4.78 is 10.7. The first kappa shape index (κ1) is 14.7. The minimum absolute atomic E-state index is 0.0765. The van der Waals surface area contributed by atoms with Gasteiger partial charge in [0.1, 0.15) is 11.3 Å². The van der Waals surface area contributed by atoms with Gasteiger partial charge in [-0.2, -0.15) is 5.26 Å². The van der Waals surface area contributed by atoms with E-state index in [-0.39, 0.29) is 16.3 Å². The summed E-state index contributed by atoms with van der Waals surface area (Å²) in [6.07, 6.45) is 0. The molecule has 0 spiro atoms. The first-order chi connectivity index (χ1) is 10.1. The Labute approximate surface area is 125 Å². The van der Waals surface area contributed by atoms with Crippen LogP contribution in [0.25, 0.3) is 0 Å². The average molecular weight is 304 g/mol. The molecule has 0 radical (unpaired) electrons. The predicted octanol–water partition coefficient (Wildman–Crippen LogP) is 3.71. The van der Waals surface area contributed by atoms with E-state index in [9.17, 15) is 9.90 Å². The van der Waals surface area contributed by atoms with Crippen molar-refractivity contribution in [3.8, 4) is 23.3 Å². The SMILES string of the molecule is COc1cc(C#N)ccc1Oc1cccc(Cl)c1C(=O)O. The monoisotopic (exact) mass is 303 g/mol. The Hall–Kier alpha value is -2.71. The maximum absolute atomic E-state index is 11.2. The molecule has 6 heteroatoms. The normalized spacial score (nSPS) is 9.76. The Morgan fingerprint density at radius 3 is 2.62 bits per heavy atom. The van der Waals surface area contributed by atoms with Gasteiger partial charge in [0.25, 0.3) is 0 Å². The van der Waals surface area contributed by atoms with Gasteiger partial charge in [-0.3, -0.25) is 0 Å². The summed E-state index contributed by atoms with van der Waals surface area (Å²) in [5.41, 5.74) is 0.273. The third kappa shape index (κ3) is 3.07. The van der Waals surface area contributed by atoms with E-state index in [0.717, 1.165) is 0 Å². The van der Waals surface area contributed by atoms with Crippen LogP contribution in [-0.4, -0.2) is 18.2 Å². The van der Waals surface area contributed by atoms with Crippen LogP contribution in [0.15, 0.2) is 36.4 Å². The second-order valence-electron chi connectivity index (χ2n) is 4.00. The number of carboxylic acids is 1. The van der Waals surface area contributed by atoms with Gasteiger partial charge in [0.2, 0.25) is 0 Å². The molecule has 0 saturated heterocycles. The predicted molar refractivity (Wildman–Crippen MR) is 76.2 cm³/mol. The number of nitrogens with zero attached hydrogens (tertiary/aromatic N) is 1. The molecule has 1 N–H and O–H groups in total. The fourth-order valence-corrected chi connectivity index (χ4v) is 1.98. The van der Waals surface area contributed by atoms with E-state index in [4.69, 9.17) is 26.3 Å². The third-order valence-corrected chi connectivity index (χ3v) is 3.02. The largest absolute Gasteiger partial charge is 0.493 e. The third-order valence-electron chi connectivity index (χ3n) is 2.70. The summed E-state index contributed by atoms with van der Waals surface area (Å²) in [5, 5.41) is 18.1. The van der Waals surface area contributed by atoms with Crippen LogP contribution in [0, 0.1) is 11.3 Å². The smallest absolute Gasteiger partial charge is 0.341 e. The van der Waals surface area contributed by atoms with Gasteiger partial charge >= 0.3 is 5.97 Å². The summed E-state index contributed by atoms with van der Waals surface area (Å²) in [5.74, 6) is -0.479. The van der Waals surface area contributed by atoms with Crippen molar-refractivity contribution in [2.24, 2.45) is 0 Å². The van der Waals surface area contributed by atoms with Crippen molar-refractivity contribution in [1.82, 2.24) is 0 Å². The summed E-state index contributed by atoms with van der Waals surface area (Å²) in [4.78, 5) is 11.2. The van der Waals surface area contributed by atoms with Gasteiger partial charge in [-0.05, 0) is 24.3 Å². The molecule has 5 nitrogen and oxygen atoms in total. The Balaban J connectivity index is 2.46. The zero-order chi connectivity index (χ0) is 15.4. The minimum Gasteiger partial charge on any atom is -0.493 e. The number of carboxylic acid groups (broad SMARTS) is 1. The minimum atomic E-state index is -1.19. The second kappa shape index (κ2) is 6.16. The second-order valence-corrected chi connectivity index (χ2v) is 4.40. The van der Waals surface area contributed by atoms with E-state index in [1.807, 2.05) is 6.07 Å². The summed E-state index contributed by atoms with van der Waals surface area (Å²) in [6, 6.07) is 11.1. The van der Waals surface area contributed by atoms with Gasteiger partial charge in [-0.1, -0.05) is 17.7 Å². The molecule has 0 unspecified atom stereocenters. The van der Waals surface area contributed by atoms with Crippen LogP contribution in [0.1, 0.15) is 15.9 Å². The number of benzene rings is 2. The molecule has 21 heavy (non-hydrogen) atoms. The van der Waals surface area contributed by atoms with E-state index >= 15 is 0 Å². The fraction of sp³-hybridized carbons (Fsp3) is 0.0667. The zero-order valence-electron chi connectivity index (χ0n) is 11.0. The molecule has 0 aliphatic carbocycles. The number of hydrogen-bond donors (Lipinski definition) is 1. The fourth-order valence-electron chi connectivity index (χ4n) is 1.74. The maximum atomic E-state index is 11.2. The quantitative estimate of drug-likeness (QED) is 0.931. The molecule has 0 saturated carbocycles. The first-order valence-electron chi connectivity index (χ1n) is 5.84. The number of halogens is 1. The van der Waals surface area contributed by atoms with Gasteiger partial charge in [0, 0.05) is 6.07 Å². The van der Waals surface area contributed by atoms with E-state index in [1.54, 1.807) is 12.1 Å². The van der Waals surface area contributed by atoms with Crippen LogP contribution in [0.5, 0.6) is 17.2 Å². The molecule has 106 valence electrons. The molecule has 0 aliphatic heterocycles. The van der Waals surface area contributed by atoms with E-state index < -0.39 is 5.97 Å². The van der Waals surface area contributed by atoms with Crippen LogP contribution < -0.4 is 9.47 Å². The molecule has 0 amide bonds. The number of rotatable bonds is 4. The van der Waals surface area contributed by atoms with Crippen LogP contribution in [0.4, 0.5) is 0 Å². The molecule has 0 heterocycles. The van der Waals surface area contributed by atoms with Crippen LogP contribution >= 0.6 is 11.6 Å². The number of methoxy groups -OCH3 is 1. The van der Waals surface area contributed by atoms with Crippen molar-refractivity contribution in [2.45, 2.75) is 0 Å². The molecule has 2 aromatic rings. The highest BCUT2D eigenvalue weighted by molar-refractivity contribution is 6.33. The molecule has 0 atom stereocenters. The van der Waals surface area contributed by atoms with Gasteiger partial charge in [-0.15, -0.1) is 0 Å². The van der Waals surface area contributed by atoms with Crippen LogP contribution in [0.2, 0.25) is 5.02 Å². The molecule has 0 aromatic heterocycles. The standard InChI is InChI=1S/C15H10ClNO4/c1-20-13-7-9(8-17)5-6-11(13)21-12-4-2-3-10(16)14(12)15(18)19/h2-7H,1H3,(H,18,19). The Kier molecular flexibility index (Phi) is 4.31. The molecule has 2 rings (SSSR count). The topological polar surface area (TPSA) is 79.5 Å². The molecule has 0 aliphatic rings. The summed E-state index contributed by atoms with van der Waals surface area (Å²) in [6.45, 7) is 0. The van der Waals surface area contributed by atoms with E-state index in [1.165, 1.54) is 31.4 Å². The zero-order valence-corrected chi connectivity index (χ0v) is 11.7. The van der Waals surface area contributed by atoms with E-state index in [0.29, 0.717) is 17.1 Å². The van der Waals surface area contributed by atoms with E-state index in [2.05, 4.69) is 0 Å². The van der Waals surface area contributed by atoms with Crippen molar-refractivity contribution in [2.75, 3.05) is 7.11 Å². The highest BCUT2D eigenvalue weighted by atomic mass is 35.5. The highest BCUT2D eigenvalue weighted by Gasteiger charge is 2.17. The Morgan fingerprint density at radius 2 is 2.00 bits per heavy atom. The first-order valence-corrected chi connectivity index (χ1v) is 6.22.